The molecule has 1 fully saturated rings. The zero-order valence-corrected chi connectivity index (χ0v) is 11.3. The molecule has 0 aromatic carbocycles. The first-order chi connectivity index (χ1) is 9.25. The Morgan fingerprint density at radius 2 is 1.79 bits per heavy atom. The van der Waals surface area contributed by atoms with Crippen molar-refractivity contribution in [1.29, 1.82) is 0 Å². The number of carbonyl (C=O) groups is 2. The van der Waals surface area contributed by atoms with Gasteiger partial charge in [-0.1, -0.05) is 19.3 Å². The summed E-state index contributed by atoms with van der Waals surface area (Å²) in [4.78, 5) is 23.4. The molecule has 0 atom stereocenters. The van der Waals surface area contributed by atoms with Gasteiger partial charge in [-0.2, -0.15) is 0 Å². The van der Waals surface area contributed by atoms with Gasteiger partial charge in [-0.3, -0.25) is 14.2 Å². The van der Waals surface area contributed by atoms with Crippen molar-refractivity contribution in [1.82, 2.24) is 9.88 Å². The van der Waals surface area contributed by atoms with Crippen molar-refractivity contribution in [2.24, 2.45) is 5.92 Å². The maximum Gasteiger partial charge on any atom is 0.232 e. The van der Waals surface area contributed by atoms with Crippen LogP contribution in [0.15, 0.2) is 24.5 Å². The molecule has 0 radical (unpaired) electrons. The largest absolute Gasteiger partial charge is 0.356 e. The maximum atomic E-state index is 11.8. The second-order valence-corrected chi connectivity index (χ2v) is 5.29. The van der Waals surface area contributed by atoms with Crippen molar-refractivity contribution < 1.29 is 9.59 Å². The minimum absolute atomic E-state index is 0.0166. The van der Waals surface area contributed by atoms with Crippen LogP contribution in [0.25, 0.3) is 0 Å². The lowest BCUT2D eigenvalue weighted by molar-refractivity contribution is -0.122. The minimum Gasteiger partial charge on any atom is -0.356 e. The summed E-state index contributed by atoms with van der Waals surface area (Å²) in [6.45, 7) is 0.433. The van der Waals surface area contributed by atoms with E-state index in [2.05, 4.69) is 5.32 Å². The first-order valence-corrected chi connectivity index (χ1v) is 7.18. The molecule has 4 nitrogen and oxygen atoms in total. The van der Waals surface area contributed by atoms with Crippen LogP contribution in [-0.2, 0) is 4.79 Å². The fourth-order valence-electron chi connectivity index (χ4n) is 2.66. The molecule has 0 spiro atoms. The first kappa shape index (κ1) is 13.8. The van der Waals surface area contributed by atoms with Crippen LogP contribution in [0.1, 0.15) is 49.7 Å². The lowest BCUT2D eigenvalue weighted by atomic mass is 9.87. The van der Waals surface area contributed by atoms with Gasteiger partial charge in [0.2, 0.25) is 11.8 Å². The molecule has 2 rings (SSSR count). The Labute approximate surface area is 114 Å². The Hall–Kier alpha value is -1.58. The van der Waals surface area contributed by atoms with E-state index in [1.54, 1.807) is 17.0 Å². The molecule has 0 unspecified atom stereocenters. The third kappa shape index (κ3) is 4.54. The summed E-state index contributed by atoms with van der Waals surface area (Å²) in [6, 6.07) is 3.64. The maximum absolute atomic E-state index is 11.8. The second-order valence-electron chi connectivity index (χ2n) is 5.29. The molecule has 1 heterocycles. The topological polar surface area (TPSA) is 51.1 Å². The molecule has 1 aromatic rings. The van der Waals surface area contributed by atoms with Gasteiger partial charge in [-0.25, -0.2) is 0 Å². The van der Waals surface area contributed by atoms with E-state index in [-0.39, 0.29) is 11.8 Å². The molecule has 0 bridgehead atoms. The van der Waals surface area contributed by atoms with Crippen molar-refractivity contribution >= 4 is 11.8 Å². The Kier molecular flexibility index (Phi) is 5.19. The molecule has 4 heteroatoms. The summed E-state index contributed by atoms with van der Waals surface area (Å²) in [6.07, 6.45) is 10.6. The van der Waals surface area contributed by atoms with Crippen molar-refractivity contribution in [2.45, 2.75) is 44.9 Å². The highest BCUT2D eigenvalue weighted by atomic mass is 16.2. The van der Waals surface area contributed by atoms with E-state index in [1.165, 1.54) is 32.1 Å². The molecule has 1 aliphatic carbocycles. The summed E-state index contributed by atoms with van der Waals surface area (Å²) >= 11 is 0. The normalized spacial score (nSPS) is 16.2. The Bertz CT molecular complexity index is 406. The minimum atomic E-state index is 0.0166. The third-order valence-corrected chi connectivity index (χ3v) is 3.75. The molecule has 19 heavy (non-hydrogen) atoms. The molecule has 1 amide bonds. The van der Waals surface area contributed by atoms with Crippen LogP contribution >= 0.6 is 0 Å². The number of aromatic nitrogens is 1. The average molecular weight is 262 g/mol. The fourth-order valence-corrected chi connectivity index (χ4v) is 2.66. The van der Waals surface area contributed by atoms with Gasteiger partial charge in [0.05, 0.1) is 0 Å². The number of rotatable bonds is 5. The monoisotopic (exact) mass is 262 g/mol. The van der Waals surface area contributed by atoms with Crippen molar-refractivity contribution in [3.05, 3.63) is 24.5 Å². The zero-order chi connectivity index (χ0) is 13.5. The summed E-state index contributed by atoms with van der Waals surface area (Å²) in [7, 11) is 0. The molecular formula is C15H22N2O2. The van der Waals surface area contributed by atoms with Gasteiger partial charge in [-0.15, -0.1) is 0 Å². The zero-order valence-electron chi connectivity index (χ0n) is 11.3. The van der Waals surface area contributed by atoms with Gasteiger partial charge in [0.25, 0.3) is 0 Å². The Morgan fingerprint density at radius 1 is 1.11 bits per heavy atom. The van der Waals surface area contributed by atoms with Gasteiger partial charge >= 0.3 is 0 Å². The molecule has 1 aromatic heterocycles. The van der Waals surface area contributed by atoms with E-state index in [9.17, 15) is 9.59 Å². The molecule has 1 saturated carbocycles. The van der Waals surface area contributed by atoms with E-state index in [0.717, 1.165) is 0 Å². The highest BCUT2D eigenvalue weighted by Gasteiger charge is 2.16. The van der Waals surface area contributed by atoms with Gasteiger partial charge in [0.15, 0.2) is 0 Å². The van der Waals surface area contributed by atoms with Crippen LogP contribution in [0.4, 0.5) is 0 Å². The summed E-state index contributed by atoms with van der Waals surface area (Å²) in [5.74, 6) is 0.657. The van der Waals surface area contributed by atoms with Crippen molar-refractivity contribution in [3.63, 3.8) is 0 Å². The van der Waals surface area contributed by atoms with Gasteiger partial charge < -0.3 is 5.32 Å². The molecule has 0 aliphatic heterocycles. The van der Waals surface area contributed by atoms with Crippen LogP contribution in [0, 0.1) is 5.92 Å². The number of hydrogen-bond acceptors (Lipinski definition) is 2. The van der Waals surface area contributed by atoms with Crippen LogP contribution in [0.5, 0.6) is 0 Å². The molecule has 1 N–H and O–H groups in total. The van der Waals surface area contributed by atoms with Crippen molar-refractivity contribution in [3.8, 4) is 0 Å². The number of amides is 1. The highest BCUT2D eigenvalue weighted by Crippen LogP contribution is 2.25. The smallest absolute Gasteiger partial charge is 0.232 e. The predicted molar refractivity (Wildman–Crippen MR) is 73.9 cm³/mol. The highest BCUT2D eigenvalue weighted by molar-refractivity contribution is 5.80. The second kappa shape index (κ2) is 7.12. The molecular weight excluding hydrogens is 240 g/mol. The Morgan fingerprint density at radius 3 is 2.47 bits per heavy atom. The lowest BCUT2D eigenvalue weighted by Gasteiger charge is -2.20. The molecule has 1 aliphatic rings. The summed E-state index contributed by atoms with van der Waals surface area (Å²) < 4.78 is 1.55. The van der Waals surface area contributed by atoms with Crippen molar-refractivity contribution in [2.75, 3.05) is 6.54 Å². The SMILES string of the molecule is O=C(CC1CCCCC1)NCCC(=O)n1cccc1. The Balaban J connectivity index is 1.62. The van der Waals surface area contributed by atoms with Gasteiger partial charge in [0.1, 0.15) is 0 Å². The summed E-state index contributed by atoms with van der Waals surface area (Å²) in [5, 5.41) is 2.85. The predicted octanol–water partition coefficient (Wildman–Crippen LogP) is 2.61. The van der Waals surface area contributed by atoms with E-state index in [0.29, 0.717) is 25.3 Å². The van der Waals surface area contributed by atoms with Gasteiger partial charge in [-0.05, 0) is 30.9 Å². The van der Waals surface area contributed by atoms with E-state index in [4.69, 9.17) is 0 Å². The number of nitrogens with one attached hydrogen (secondary N) is 1. The van der Waals surface area contributed by atoms with Crippen LogP contribution in [0.2, 0.25) is 0 Å². The standard InChI is InChI=1S/C15H22N2O2/c18-14(12-13-6-2-1-3-7-13)16-9-8-15(19)17-10-4-5-11-17/h4-5,10-11,13H,1-3,6-9,12H2,(H,16,18). The molecule has 104 valence electrons. The van der Waals surface area contributed by atoms with Crippen LogP contribution in [-0.4, -0.2) is 22.9 Å². The number of hydrogen-bond donors (Lipinski definition) is 1. The number of carbonyl (C=O) groups excluding carboxylic acids is 2. The third-order valence-electron chi connectivity index (χ3n) is 3.75. The average Bonchev–Trinajstić information content (AvgIpc) is 2.93. The van der Waals surface area contributed by atoms with Crippen LogP contribution < -0.4 is 5.32 Å². The summed E-state index contributed by atoms with van der Waals surface area (Å²) in [5.41, 5.74) is 0. The first-order valence-electron chi connectivity index (χ1n) is 7.18. The van der Waals surface area contributed by atoms with E-state index >= 15 is 0 Å². The van der Waals surface area contributed by atoms with Gasteiger partial charge in [0, 0.05) is 31.8 Å². The van der Waals surface area contributed by atoms with E-state index < -0.39 is 0 Å². The lowest BCUT2D eigenvalue weighted by Crippen LogP contribution is -2.29. The number of nitrogens with zero attached hydrogens (tertiary/aromatic N) is 1. The quantitative estimate of drug-likeness (QED) is 0.886. The fraction of sp³-hybridized carbons (Fsp3) is 0.600. The van der Waals surface area contributed by atoms with Crippen LogP contribution in [0.3, 0.4) is 0 Å². The van der Waals surface area contributed by atoms with E-state index in [1.807, 2.05) is 12.1 Å². The molecule has 0 saturated heterocycles.